The van der Waals surface area contributed by atoms with E-state index < -0.39 is 6.17 Å². The van der Waals surface area contributed by atoms with Gasteiger partial charge in [-0.05, 0) is 26.3 Å². The molecule has 5 heteroatoms. The number of aryl methyl sites for hydroxylation is 2. The minimum absolute atomic E-state index is 0.111. The van der Waals surface area contributed by atoms with E-state index in [-0.39, 0.29) is 5.92 Å². The number of halogens is 2. The fourth-order valence-corrected chi connectivity index (χ4v) is 2.71. The van der Waals surface area contributed by atoms with E-state index in [1.807, 2.05) is 6.92 Å². The summed E-state index contributed by atoms with van der Waals surface area (Å²) in [6.07, 6.45) is 1.57. The molecule has 1 aliphatic heterocycles. The fourth-order valence-electron chi connectivity index (χ4n) is 2.45. The van der Waals surface area contributed by atoms with Crippen molar-refractivity contribution in [1.29, 1.82) is 0 Å². The molecule has 17 heavy (non-hydrogen) atoms. The Morgan fingerprint density at radius 3 is 2.94 bits per heavy atom. The maximum Gasteiger partial charge on any atom is 0.130 e. The van der Waals surface area contributed by atoms with Crippen LogP contribution in [0.15, 0.2) is 0 Å². The zero-order valence-electron chi connectivity index (χ0n) is 10.3. The molecule has 1 saturated heterocycles. The van der Waals surface area contributed by atoms with E-state index in [9.17, 15) is 4.39 Å². The largest absolute Gasteiger partial charge is 0.316 e. The van der Waals surface area contributed by atoms with Crippen molar-refractivity contribution in [1.82, 2.24) is 15.1 Å². The van der Waals surface area contributed by atoms with Gasteiger partial charge in [-0.25, -0.2) is 4.39 Å². The van der Waals surface area contributed by atoms with Gasteiger partial charge >= 0.3 is 0 Å². The van der Waals surface area contributed by atoms with E-state index in [1.165, 1.54) is 0 Å². The smallest absolute Gasteiger partial charge is 0.130 e. The number of aromatic nitrogens is 2. The van der Waals surface area contributed by atoms with Crippen LogP contribution in [0.3, 0.4) is 0 Å². The zero-order chi connectivity index (χ0) is 12.4. The summed E-state index contributed by atoms with van der Waals surface area (Å²) in [5.41, 5.74) is 1.69. The highest BCUT2D eigenvalue weighted by atomic mass is 35.5. The fraction of sp³-hybridized carbons (Fsp3) is 0.750. The lowest BCUT2D eigenvalue weighted by Gasteiger charge is -2.25. The van der Waals surface area contributed by atoms with Gasteiger partial charge in [0.05, 0.1) is 5.69 Å². The first-order valence-electron chi connectivity index (χ1n) is 6.12. The highest BCUT2D eigenvalue weighted by Crippen LogP contribution is 2.26. The second-order valence-corrected chi connectivity index (χ2v) is 5.16. The molecule has 0 saturated carbocycles. The Labute approximate surface area is 106 Å². The summed E-state index contributed by atoms with van der Waals surface area (Å²) < 4.78 is 15.8. The van der Waals surface area contributed by atoms with Crippen LogP contribution < -0.4 is 5.32 Å². The number of nitrogens with one attached hydrogen (secondary N) is 1. The van der Waals surface area contributed by atoms with Gasteiger partial charge < -0.3 is 5.32 Å². The number of piperidine rings is 1. The van der Waals surface area contributed by atoms with Gasteiger partial charge in [-0.1, -0.05) is 11.6 Å². The van der Waals surface area contributed by atoms with Gasteiger partial charge in [0.1, 0.15) is 11.3 Å². The molecule has 0 bridgehead atoms. The van der Waals surface area contributed by atoms with Gasteiger partial charge in [0.15, 0.2) is 0 Å². The van der Waals surface area contributed by atoms with Gasteiger partial charge in [-0.3, -0.25) is 4.68 Å². The van der Waals surface area contributed by atoms with Crippen molar-refractivity contribution in [2.24, 2.45) is 13.0 Å². The van der Waals surface area contributed by atoms with Crippen molar-refractivity contribution >= 4 is 11.6 Å². The maximum atomic E-state index is 14.2. The predicted octanol–water partition coefficient (Wildman–Crippen LogP) is 2.26. The molecule has 0 amide bonds. The number of alkyl halides is 1. The van der Waals surface area contributed by atoms with Gasteiger partial charge in [0.2, 0.25) is 0 Å². The summed E-state index contributed by atoms with van der Waals surface area (Å²) in [7, 11) is 1.79. The van der Waals surface area contributed by atoms with Crippen molar-refractivity contribution in [2.45, 2.75) is 32.4 Å². The van der Waals surface area contributed by atoms with Gasteiger partial charge in [0, 0.05) is 31.5 Å². The molecule has 1 aromatic heterocycles. The Balaban J connectivity index is 2.04. The molecule has 2 rings (SSSR count). The molecular weight excluding hydrogens is 241 g/mol. The Kier molecular flexibility index (Phi) is 4.05. The number of hydrogen-bond acceptors (Lipinski definition) is 2. The molecule has 2 heterocycles. The molecule has 2 atom stereocenters. The van der Waals surface area contributed by atoms with Gasteiger partial charge in [-0.15, -0.1) is 0 Å². The van der Waals surface area contributed by atoms with Crippen LogP contribution >= 0.6 is 11.6 Å². The van der Waals surface area contributed by atoms with Crippen molar-refractivity contribution in [3.63, 3.8) is 0 Å². The summed E-state index contributed by atoms with van der Waals surface area (Å²) in [5.74, 6) is 0.111. The van der Waals surface area contributed by atoms with Crippen LogP contribution in [0.2, 0.25) is 5.15 Å². The van der Waals surface area contributed by atoms with Crippen molar-refractivity contribution in [3.05, 3.63) is 16.4 Å². The molecule has 1 aliphatic rings. The first-order valence-corrected chi connectivity index (χ1v) is 6.50. The van der Waals surface area contributed by atoms with Gasteiger partial charge in [-0.2, -0.15) is 5.10 Å². The van der Waals surface area contributed by atoms with Crippen molar-refractivity contribution in [2.75, 3.05) is 13.1 Å². The SMILES string of the molecule is Cc1nn(C)c(Cl)c1CC(F)C1CCCNC1. The Hall–Kier alpha value is -0.610. The number of rotatable bonds is 3. The summed E-state index contributed by atoms with van der Waals surface area (Å²) >= 11 is 6.12. The van der Waals surface area contributed by atoms with E-state index in [0.29, 0.717) is 11.6 Å². The average molecular weight is 260 g/mol. The molecule has 0 spiro atoms. The lowest BCUT2D eigenvalue weighted by molar-refractivity contribution is 0.191. The van der Waals surface area contributed by atoms with Gasteiger partial charge in [0.25, 0.3) is 0 Å². The molecular formula is C12H19ClFN3. The van der Waals surface area contributed by atoms with E-state index >= 15 is 0 Å². The third kappa shape index (κ3) is 2.80. The quantitative estimate of drug-likeness (QED) is 0.903. The topological polar surface area (TPSA) is 29.9 Å². The summed E-state index contributed by atoms with van der Waals surface area (Å²) in [4.78, 5) is 0. The standard InChI is InChI=1S/C12H19ClFN3/c1-8-10(12(13)17(2)16-8)6-11(14)9-4-3-5-15-7-9/h9,11,15H,3-7H2,1-2H3. The van der Waals surface area contributed by atoms with Crippen LogP contribution in [0, 0.1) is 12.8 Å². The third-order valence-corrected chi connectivity index (χ3v) is 3.99. The van der Waals surface area contributed by atoms with E-state index in [0.717, 1.165) is 37.2 Å². The molecule has 3 nitrogen and oxygen atoms in total. The van der Waals surface area contributed by atoms with E-state index in [4.69, 9.17) is 11.6 Å². The lowest BCUT2D eigenvalue weighted by Crippen LogP contribution is -2.35. The van der Waals surface area contributed by atoms with Crippen LogP contribution in [-0.4, -0.2) is 29.0 Å². The second kappa shape index (κ2) is 5.36. The Bertz CT molecular complexity index is 385. The lowest BCUT2D eigenvalue weighted by atomic mass is 9.91. The first-order chi connectivity index (χ1) is 8.09. The number of nitrogens with zero attached hydrogens (tertiary/aromatic N) is 2. The molecule has 1 aromatic rings. The van der Waals surface area contributed by atoms with E-state index in [1.54, 1.807) is 11.7 Å². The van der Waals surface area contributed by atoms with Crippen LogP contribution in [-0.2, 0) is 13.5 Å². The predicted molar refractivity (Wildman–Crippen MR) is 67.1 cm³/mol. The van der Waals surface area contributed by atoms with E-state index in [2.05, 4.69) is 10.4 Å². The highest BCUT2D eigenvalue weighted by molar-refractivity contribution is 6.30. The minimum atomic E-state index is -0.830. The molecule has 0 aromatic carbocycles. The normalized spacial score (nSPS) is 22.7. The molecule has 1 fully saturated rings. The average Bonchev–Trinajstić information content (AvgIpc) is 2.57. The minimum Gasteiger partial charge on any atom is -0.316 e. The van der Waals surface area contributed by atoms with Crippen LogP contribution in [0.1, 0.15) is 24.1 Å². The number of hydrogen-bond donors (Lipinski definition) is 1. The van der Waals surface area contributed by atoms with Crippen molar-refractivity contribution in [3.8, 4) is 0 Å². The molecule has 96 valence electrons. The third-order valence-electron chi connectivity index (χ3n) is 3.52. The highest BCUT2D eigenvalue weighted by Gasteiger charge is 2.25. The van der Waals surface area contributed by atoms with Crippen LogP contribution in [0.5, 0.6) is 0 Å². The molecule has 0 aliphatic carbocycles. The second-order valence-electron chi connectivity index (χ2n) is 4.80. The van der Waals surface area contributed by atoms with Crippen LogP contribution in [0.4, 0.5) is 4.39 Å². The molecule has 2 unspecified atom stereocenters. The monoisotopic (exact) mass is 259 g/mol. The van der Waals surface area contributed by atoms with Crippen molar-refractivity contribution < 1.29 is 4.39 Å². The summed E-state index contributed by atoms with van der Waals surface area (Å²) in [5, 5.41) is 8.02. The summed E-state index contributed by atoms with van der Waals surface area (Å²) in [6.45, 7) is 3.67. The summed E-state index contributed by atoms with van der Waals surface area (Å²) in [6, 6.07) is 0. The van der Waals surface area contributed by atoms with Crippen LogP contribution in [0.25, 0.3) is 0 Å². The molecule has 0 radical (unpaired) electrons. The molecule has 1 N–H and O–H groups in total. The Morgan fingerprint density at radius 2 is 2.41 bits per heavy atom. The first kappa shape index (κ1) is 12.8. The maximum absolute atomic E-state index is 14.2. The zero-order valence-corrected chi connectivity index (χ0v) is 11.1. The Morgan fingerprint density at radius 1 is 1.65 bits per heavy atom.